The standard InChI is InChI=1S/C20H18Cl2N4S/c1-2-12-26-18(15-8-10-23-11-9-15)24-25-19(26)27-17(16-13-20(16,21)22)14-6-4-3-5-7-14/h2-11,16-17H,1,12-13H2. The second-order valence-corrected chi connectivity index (χ2v) is 9.11. The molecule has 0 saturated heterocycles. The van der Waals surface area contributed by atoms with Crippen LogP contribution >= 0.6 is 35.0 Å². The highest BCUT2D eigenvalue weighted by molar-refractivity contribution is 7.99. The van der Waals surface area contributed by atoms with Crippen molar-refractivity contribution in [2.24, 2.45) is 5.92 Å². The number of rotatable bonds is 7. The molecule has 1 aromatic carbocycles. The minimum Gasteiger partial charge on any atom is -0.298 e. The summed E-state index contributed by atoms with van der Waals surface area (Å²) in [5.74, 6) is 0.969. The number of allylic oxidation sites excluding steroid dienone is 1. The van der Waals surface area contributed by atoms with Gasteiger partial charge in [-0.05, 0) is 24.1 Å². The Kier molecular flexibility index (Phi) is 5.26. The van der Waals surface area contributed by atoms with Crippen molar-refractivity contribution in [1.82, 2.24) is 19.7 Å². The molecule has 1 fully saturated rings. The van der Waals surface area contributed by atoms with Crippen molar-refractivity contribution in [3.8, 4) is 11.4 Å². The molecule has 0 amide bonds. The lowest BCUT2D eigenvalue weighted by Crippen LogP contribution is -2.06. The predicted octanol–water partition coefficient (Wildman–Crippen LogP) is 5.55. The fraction of sp³-hybridized carbons (Fsp3) is 0.250. The molecule has 27 heavy (non-hydrogen) atoms. The van der Waals surface area contributed by atoms with E-state index in [9.17, 15) is 0 Å². The van der Waals surface area contributed by atoms with Crippen LogP contribution in [0.2, 0.25) is 0 Å². The predicted molar refractivity (Wildman–Crippen MR) is 111 cm³/mol. The van der Waals surface area contributed by atoms with Crippen LogP contribution in [0.3, 0.4) is 0 Å². The zero-order valence-electron chi connectivity index (χ0n) is 14.5. The van der Waals surface area contributed by atoms with E-state index in [-0.39, 0.29) is 11.2 Å². The van der Waals surface area contributed by atoms with Crippen molar-refractivity contribution in [2.45, 2.75) is 27.7 Å². The monoisotopic (exact) mass is 416 g/mol. The number of hydrogen-bond donors (Lipinski definition) is 0. The second-order valence-electron chi connectivity index (χ2n) is 6.46. The lowest BCUT2D eigenvalue weighted by molar-refractivity contribution is 0.718. The van der Waals surface area contributed by atoms with Gasteiger partial charge < -0.3 is 0 Å². The molecule has 1 aliphatic rings. The van der Waals surface area contributed by atoms with Gasteiger partial charge in [0, 0.05) is 35.7 Å². The fourth-order valence-corrected chi connectivity index (χ4v) is 5.21. The maximum absolute atomic E-state index is 6.41. The van der Waals surface area contributed by atoms with Gasteiger partial charge in [-0.2, -0.15) is 0 Å². The Balaban J connectivity index is 1.70. The van der Waals surface area contributed by atoms with Crippen LogP contribution in [0.5, 0.6) is 0 Å². The molecule has 0 aliphatic heterocycles. The molecule has 3 aromatic rings. The van der Waals surface area contributed by atoms with Gasteiger partial charge in [-0.15, -0.1) is 40.0 Å². The van der Waals surface area contributed by atoms with Gasteiger partial charge in [-0.3, -0.25) is 9.55 Å². The topological polar surface area (TPSA) is 43.6 Å². The van der Waals surface area contributed by atoms with Crippen LogP contribution in [-0.4, -0.2) is 24.1 Å². The third-order valence-electron chi connectivity index (χ3n) is 4.57. The molecule has 0 radical (unpaired) electrons. The number of halogens is 2. The zero-order valence-corrected chi connectivity index (χ0v) is 16.8. The summed E-state index contributed by atoms with van der Waals surface area (Å²) in [7, 11) is 0. The first-order chi connectivity index (χ1) is 13.1. The summed E-state index contributed by atoms with van der Waals surface area (Å²) in [4.78, 5) is 4.08. The van der Waals surface area contributed by atoms with E-state index in [4.69, 9.17) is 23.2 Å². The molecule has 0 N–H and O–H groups in total. The molecule has 138 valence electrons. The summed E-state index contributed by atoms with van der Waals surface area (Å²) in [6.45, 7) is 4.50. The summed E-state index contributed by atoms with van der Waals surface area (Å²) < 4.78 is 1.39. The minimum atomic E-state index is -0.676. The Morgan fingerprint density at radius 2 is 1.89 bits per heavy atom. The molecule has 7 heteroatoms. The molecule has 2 aromatic heterocycles. The summed E-state index contributed by atoms with van der Waals surface area (Å²) in [5.41, 5.74) is 2.16. The number of aromatic nitrogens is 4. The second kappa shape index (κ2) is 7.66. The first kappa shape index (κ1) is 18.5. The van der Waals surface area contributed by atoms with Gasteiger partial charge in [0.1, 0.15) is 4.33 Å². The summed E-state index contributed by atoms with van der Waals surface area (Å²) in [6.07, 6.45) is 6.12. The highest BCUT2D eigenvalue weighted by Gasteiger charge is 2.56. The Labute approximate surface area is 172 Å². The van der Waals surface area contributed by atoms with E-state index in [0.717, 1.165) is 23.0 Å². The number of nitrogens with zero attached hydrogens (tertiary/aromatic N) is 4. The zero-order chi connectivity index (χ0) is 18.9. The molecule has 4 rings (SSSR count). The van der Waals surface area contributed by atoms with Crippen LogP contribution in [0.25, 0.3) is 11.4 Å². The number of alkyl halides is 2. The Morgan fingerprint density at radius 3 is 2.52 bits per heavy atom. The lowest BCUT2D eigenvalue weighted by atomic mass is 10.1. The molecule has 2 heterocycles. The third-order valence-corrected chi connectivity index (χ3v) is 6.80. The summed E-state index contributed by atoms with van der Waals surface area (Å²) >= 11 is 14.5. The van der Waals surface area contributed by atoms with Crippen molar-refractivity contribution in [3.05, 3.63) is 73.1 Å². The van der Waals surface area contributed by atoms with E-state index in [1.165, 1.54) is 5.56 Å². The van der Waals surface area contributed by atoms with Crippen LogP contribution < -0.4 is 0 Å². The van der Waals surface area contributed by atoms with Gasteiger partial charge in [0.15, 0.2) is 11.0 Å². The Bertz CT molecular complexity index is 928. The third kappa shape index (κ3) is 3.91. The van der Waals surface area contributed by atoms with Gasteiger partial charge in [0.25, 0.3) is 0 Å². The van der Waals surface area contributed by atoms with Crippen LogP contribution in [0.1, 0.15) is 17.2 Å². The van der Waals surface area contributed by atoms with Crippen LogP contribution in [0, 0.1) is 5.92 Å². The average molecular weight is 417 g/mol. The van der Waals surface area contributed by atoms with Crippen molar-refractivity contribution < 1.29 is 0 Å². The van der Waals surface area contributed by atoms with E-state index in [2.05, 4.69) is 38.5 Å². The first-order valence-electron chi connectivity index (χ1n) is 8.64. The fourth-order valence-electron chi connectivity index (χ4n) is 3.09. The number of pyridine rings is 1. The molecule has 1 aliphatic carbocycles. The molecule has 2 unspecified atom stereocenters. The smallest absolute Gasteiger partial charge is 0.192 e. The summed E-state index contributed by atoms with van der Waals surface area (Å²) in [5, 5.41) is 9.81. The van der Waals surface area contributed by atoms with Gasteiger partial charge in [-0.1, -0.05) is 48.2 Å². The number of benzene rings is 1. The molecule has 4 nitrogen and oxygen atoms in total. The van der Waals surface area contributed by atoms with E-state index in [1.54, 1.807) is 24.2 Å². The Morgan fingerprint density at radius 1 is 1.19 bits per heavy atom. The molecule has 2 atom stereocenters. The molecular formula is C20H18Cl2N4S. The highest BCUT2D eigenvalue weighted by atomic mass is 35.5. The average Bonchev–Trinajstić information content (AvgIpc) is 3.14. The number of hydrogen-bond acceptors (Lipinski definition) is 4. The quantitative estimate of drug-likeness (QED) is 0.287. The van der Waals surface area contributed by atoms with E-state index in [1.807, 2.05) is 36.4 Å². The molecule has 1 saturated carbocycles. The van der Waals surface area contributed by atoms with Gasteiger partial charge in [0.05, 0.1) is 0 Å². The van der Waals surface area contributed by atoms with Crippen molar-refractivity contribution >= 4 is 35.0 Å². The van der Waals surface area contributed by atoms with Crippen LogP contribution in [0.15, 0.2) is 72.7 Å². The van der Waals surface area contributed by atoms with Crippen LogP contribution in [-0.2, 0) is 6.54 Å². The Hall–Kier alpha value is -1.82. The largest absolute Gasteiger partial charge is 0.298 e. The van der Waals surface area contributed by atoms with E-state index >= 15 is 0 Å². The lowest BCUT2D eigenvalue weighted by Gasteiger charge is -2.18. The first-order valence-corrected chi connectivity index (χ1v) is 10.3. The SMILES string of the molecule is C=CCn1c(SC(c2ccccc2)C2CC2(Cl)Cl)nnc1-c1ccncc1. The van der Waals surface area contributed by atoms with Crippen molar-refractivity contribution in [3.63, 3.8) is 0 Å². The van der Waals surface area contributed by atoms with Crippen molar-refractivity contribution in [1.29, 1.82) is 0 Å². The molecule has 0 spiro atoms. The van der Waals surface area contributed by atoms with Crippen molar-refractivity contribution in [2.75, 3.05) is 0 Å². The normalized spacial score (nSPS) is 18.8. The molecular weight excluding hydrogens is 399 g/mol. The van der Waals surface area contributed by atoms with Gasteiger partial charge >= 0.3 is 0 Å². The van der Waals surface area contributed by atoms with E-state index in [0.29, 0.717) is 6.54 Å². The number of thioether (sulfide) groups is 1. The van der Waals surface area contributed by atoms with Gasteiger partial charge in [0.2, 0.25) is 0 Å². The summed E-state index contributed by atoms with van der Waals surface area (Å²) in [6, 6.07) is 14.1. The minimum absolute atomic E-state index is 0.110. The van der Waals surface area contributed by atoms with Gasteiger partial charge in [-0.25, -0.2) is 0 Å². The molecule has 0 bridgehead atoms. The highest BCUT2D eigenvalue weighted by Crippen LogP contribution is 2.63. The maximum Gasteiger partial charge on any atom is 0.192 e. The van der Waals surface area contributed by atoms with Crippen LogP contribution in [0.4, 0.5) is 0 Å². The maximum atomic E-state index is 6.41. The van der Waals surface area contributed by atoms with E-state index < -0.39 is 4.33 Å².